The summed E-state index contributed by atoms with van der Waals surface area (Å²) in [4.78, 5) is 26.2. The molecule has 0 saturated carbocycles. The SMILES string of the molecule is CNC(=O)CCn1c(=S)[nH]c2ccsc2c1=O. The second kappa shape index (κ2) is 4.80. The molecule has 0 saturated heterocycles. The van der Waals surface area contributed by atoms with Gasteiger partial charge in [0.25, 0.3) is 5.56 Å². The van der Waals surface area contributed by atoms with Crippen molar-refractivity contribution in [2.24, 2.45) is 0 Å². The van der Waals surface area contributed by atoms with Crippen LogP contribution in [0.3, 0.4) is 0 Å². The zero-order chi connectivity index (χ0) is 12.4. The smallest absolute Gasteiger partial charge is 0.272 e. The van der Waals surface area contributed by atoms with Gasteiger partial charge in [0.05, 0.1) is 5.52 Å². The highest BCUT2D eigenvalue weighted by atomic mass is 32.1. The van der Waals surface area contributed by atoms with Crippen molar-refractivity contribution in [1.82, 2.24) is 14.9 Å². The highest BCUT2D eigenvalue weighted by Gasteiger charge is 2.07. The van der Waals surface area contributed by atoms with E-state index >= 15 is 0 Å². The van der Waals surface area contributed by atoms with E-state index in [1.807, 2.05) is 11.4 Å². The van der Waals surface area contributed by atoms with Crippen molar-refractivity contribution in [1.29, 1.82) is 0 Å². The molecule has 0 spiro atoms. The van der Waals surface area contributed by atoms with E-state index < -0.39 is 0 Å². The zero-order valence-corrected chi connectivity index (χ0v) is 10.8. The van der Waals surface area contributed by atoms with Crippen LogP contribution in [0, 0.1) is 4.77 Å². The molecule has 0 aromatic carbocycles. The fraction of sp³-hybridized carbons (Fsp3) is 0.300. The molecular weight excluding hydrogens is 258 g/mol. The molecule has 90 valence electrons. The lowest BCUT2D eigenvalue weighted by Crippen LogP contribution is -2.26. The first-order chi connectivity index (χ1) is 8.13. The monoisotopic (exact) mass is 269 g/mol. The molecule has 17 heavy (non-hydrogen) atoms. The van der Waals surface area contributed by atoms with Gasteiger partial charge in [-0.2, -0.15) is 0 Å². The van der Waals surface area contributed by atoms with Crippen LogP contribution in [0.15, 0.2) is 16.2 Å². The summed E-state index contributed by atoms with van der Waals surface area (Å²) in [5.74, 6) is -0.113. The number of aromatic amines is 1. The van der Waals surface area contributed by atoms with Gasteiger partial charge in [-0.25, -0.2) is 0 Å². The van der Waals surface area contributed by atoms with Gasteiger partial charge >= 0.3 is 0 Å². The predicted molar refractivity (Wildman–Crippen MR) is 70.0 cm³/mol. The van der Waals surface area contributed by atoms with Crippen molar-refractivity contribution in [3.63, 3.8) is 0 Å². The van der Waals surface area contributed by atoms with Crippen molar-refractivity contribution in [3.05, 3.63) is 26.6 Å². The average Bonchev–Trinajstić information content (AvgIpc) is 2.76. The van der Waals surface area contributed by atoms with Crippen molar-refractivity contribution in [3.8, 4) is 0 Å². The molecule has 0 radical (unpaired) electrons. The highest BCUT2D eigenvalue weighted by molar-refractivity contribution is 7.71. The van der Waals surface area contributed by atoms with E-state index in [4.69, 9.17) is 12.2 Å². The van der Waals surface area contributed by atoms with E-state index in [9.17, 15) is 9.59 Å². The maximum atomic E-state index is 12.1. The number of hydrogen-bond donors (Lipinski definition) is 2. The molecule has 5 nitrogen and oxygen atoms in total. The Morgan fingerprint density at radius 3 is 3.12 bits per heavy atom. The Kier molecular flexibility index (Phi) is 3.39. The topological polar surface area (TPSA) is 66.9 Å². The molecule has 2 N–H and O–H groups in total. The van der Waals surface area contributed by atoms with E-state index in [0.29, 0.717) is 16.0 Å². The van der Waals surface area contributed by atoms with Gasteiger partial charge in [-0.3, -0.25) is 14.2 Å². The lowest BCUT2D eigenvalue weighted by atomic mass is 10.4. The van der Waals surface area contributed by atoms with Crippen LogP contribution >= 0.6 is 23.6 Å². The molecule has 1 amide bonds. The second-order valence-corrected chi connectivity index (χ2v) is 4.78. The maximum absolute atomic E-state index is 12.1. The number of thiophene rings is 1. The van der Waals surface area contributed by atoms with Gasteiger partial charge in [0, 0.05) is 20.0 Å². The quantitative estimate of drug-likeness (QED) is 0.824. The van der Waals surface area contributed by atoms with Crippen LogP contribution in [0.2, 0.25) is 0 Å². The van der Waals surface area contributed by atoms with Crippen LogP contribution in [-0.4, -0.2) is 22.5 Å². The molecule has 0 unspecified atom stereocenters. The number of nitrogens with zero attached hydrogens (tertiary/aromatic N) is 1. The van der Waals surface area contributed by atoms with E-state index in [0.717, 1.165) is 5.52 Å². The molecule has 2 aromatic rings. The number of nitrogens with one attached hydrogen (secondary N) is 2. The molecular formula is C10H11N3O2S2. The molecule has 0 bridgehead atoms. The molecule has 2 rings (SSSR count). The van der Waals surface area contributed by atoms with Crippen LogP contribution in [-0.2, 0) is 11.3 Å². The number of carbonyl (C=O) groups excluding carboxylic acids is 1. The molecule has 0 fully saturated rings. The average molecular weight is 269 g/mol. The van der Waals surface area contributed by atoms with Gasteiger partial charge in [0.15, 0.2) is 4.77 Å². The summed E-state index contributed by atoms with van der Waals surface area (Å²) in [7, 11) is 1.56. The summed E-state index contributed by atoms with van der Waals surface area (Å²) in [5, 5.41) is 4.34. The lowest BCUT2D eigenvalue weighted by molar-refractivity contribution is -0.120. The van der Waals surface area contributed by atoms with Crippen molar-refractivity contribution in [2.75, 3.05) is 7.05 Å². The fourth-order valence-electron chi connectivity index (χ4n) is 1.51. The minimum atomic E-state index is -0.136. The number of rotatable bonds is 3. The van der Waals surface area contributed by atoms with Crippen LogP contribution in [0.1, 0.15) is 6.42 Å². The molecule has 0 aliphatic rings. The van der Waals surface area contributed by atoms with Gasteiger partial charge in [0.1, 0.15) is 4.70 Å². The first-order valence-corrected chi connectivity index (χ1v) is 6.33. The van der Waals surface area contributed by atoms with E-state index in [2.05, 4.69) is 10.3 Å². The fourth-order valence-corrected chi connectivity index (χ4v) is 2.59. The number of amides is 1. The van der Waals surface area contributed by atoms with Gasteiger partial charge < -0.3 is 10.3 Å². The highest BCUT2D eigenvalue weighted by Crippen LogP contribution is 2.13. The molecule has 0 aliphatic heterocycles. The summed E-state index contributed by atoms with van der Waals surface area (Å²) in [5.41, 5.74) is 0.615. The minimum absolute atomic E-state index is 0.113. The number of hydrogen-bond acceptors (Lipinski definition) is 4. The number of H-pyrrole nitrogens is 1. The molecule has 2 heterocycles. The second-order valence-electron chi connectivity index (χ2n) is 3.47. The zero-order valence-electron chi connectivity index (χ0n) is 9.15. The van der Waals surface area contributed by atoms with Gasteiger partial charge in [-0.1, -0.05) is 0 Å². The minimum Gasteiger partial charge on any atom is -0.359 e. The van der Waals surface area contributed by atoms with Gasteiger partial charge in [0.2, 0.25) is 5.91 Å². The van der Waals surface area contributed by atoms with Crippen molar-refractivity contribution < 1.29 is 4.79 Å². The first kappa shape index (κ1) is 12.0. The third-order valence-corrected chi connectivity index (χ3v) is 3.66. The Labute approximate surface area is 106 Å². The third-order valence-electron chi connectivity index (χ3n) is 2.43. The lowest BCUT2D eigenvalue weighted by Gasteiger charge is -2.05. The summed E-state index contributed by atoms with van der Waals surface area (Å²) in [6, 6.07) is 1.82. The molecule has 0 aliphatic carbocycles. The largest absolute Gasteiger partial charge is 0.359 e. The molecule has 2 aromatic heterocycles. The summed E-state index contributed by atoms with van der Waals surface area (Å²) < 4.78 is 2.41. The van der Waals surface area contributed by atoms with E-state index in [1.54, 1.807) is 7.05 Å². The Morgan fingerprint density at radius 1 is 1.65 bits per heavy atom. The van der Waals surface area contributed by atoms with E-state index in [1.165, 1.54) is 15.9 Å². The van der Waals surface area contributed by atoms with Crippen LogP contribution in [0.5, 0.6) is 0 Å². The van der Waals surface area contributed by atoms with E-state index in [-0.39, 0.29) is 17.9 Å². The Morgan fingerprint density at radius 2 is 2.41 bits per heavy atom. The number of carbonyl (C=O) groups is 1. The van der Waals surface area contributed by atoms with Crippen LogP contribution in [0.25, 0.3) is 10.2 Å². The van der Waals surface area contributed by atoms with Gasteiger partial charge in [-0.05, 0) is 23.7 Å². The van der Waals surface area contributed by atoms with Crippen molar-refractivity contribution in [2.45, 2.75) is 13.0 Å². The summed E-state index contributed by atoms with van der Waals surface area (Å²) in [6.07, 6.45) is 0.241. The first-order valence-electron chi connectivity index (χ1n) is 5.04. The van der Waals surface area contributed by atoms with Gasteiger partial charge in [-0.15, -0.1) is 11.3 Å². The van der Waals surface area contributed by atoms with Crippen LogP contribution in [0.4, 0.5) is 0 Å². The number of fused-ring (bicyclic) bond motifs is 1. The Bertz CT molecular complexity index is 668. The summed E-state index contributed by atoms with van der Waals surface area (Å²) in [6.45, 7) is 0.293. The maximum Gasteiger partial charge on any atom is 0.272 e. The third kappa shape index (κ3) is 2.29. The molecule has 0 atom stereocenters. The standard InChI is InChI=1S/C10H11N3O2S2/c1-11-7(14)2-4-13-9(15)8-6(3-5-17-8)12-10(13)16/h3,5H,2,4H2,1H3,(H,11,14)(H,12,16). The Balaban J connectivity index is 2.43. The normalized spacial score (nSPS) is 10.6. The molecule has 7 heteroatoms. The number of aromatic nitrogens is 2. The van der Waals surface area contributed by atoms with Crippen LogP contribution < -0.4 is 10.9 Å². The summed E-state index contributed by atoms with van der Waals surface area (Å²) >= 11 is 6.47. The predicted octanol–water partition coefficient (Wildman–Crippen LogP) is 1.26. The van der Waals surface area contributed by atoms with Crippen molar-refractivity contribution >= 4 is 39.7 Å². The Hall–Kier alpha value is -1.47.